The van der Waals surface area contributed by atoms with Crippen LogP contribution in [0.3, 0.4) is 0 Å². The molecule has 0 amide bonds. The van der Waals surface area contributed by atoms with Gasteiger partial charge in [-0.3, -0.25) is 0 Å². The Labute approximate surface area is 129 Å². The van der Waals surface area contributed by atoms with E-state index in [0.29, 0.717) is 24.2 Å². The summed E-state index contributed by atoms with van der Waals surface area (Å²) in [6.07, 6.45) is 0. The summed E-state index contributed by atoms with van der Waals surface area (Å²) in [4.78, 5) is 0.115. The van der Waals surface area contributed by atoms with Crippen molar-refractivity contribution >= 4 is 47.6 Å². The van der Waals surface area contributed by atoms with Crippen LogP contribution in [0.15, 0.2) is 26.0 Å². The van der Waals surface area contributed by atoms with Crippen molar-refractivity contribution < 1.29 is 13.2 Å². The van der Waals surface area contributed by atoms with Gasteiger partial charge in [0.15, 0.2) is 0 Å². The Balaban J connectivity index is 2.50. The number of hydrogen-bond donors (Lipinski definition) is 1. The predicted molar refractivity (Wildman–Crippen MR) is 80.4 cm³/mol. The summed E-state index contributed by atoms with van der Waals surface area (Å²) < 4.78 is 33.3. The van der Waals surface area contributed by atoms with Crippen LogP contribution in [0.1, 0.15) is 6.92 Å². The lowest BCUT2D eigenvalue weighted by Crippen LogP contribution is -2.47. The lowest BCUT2D eigenvalue weighted by molar-refractivity contribution is 0.0393. The van der Waals surface area contributed by atoms with E-state index in [1.807, 2.05) is 6.92 Å². The highest BCUT2D eigenvalue weighted by Crippen LogP contribution is 2.34. The van der Waals surface area contributed by atoms with Gasteiger partial charge in [-0.05, 0) is 35.0 Å². The molecule has 1 aliphatic heterocycles. The number of anilines is 1. The van der Waals surface area contributed by atoms with E-state index in [4.69, 9.17) is 10.5 Å². The third-order valence-corrected chi connectivity index (χ3v) is 6.39. The number of sulfonamides is 1. The molecule has 19 heavy (non-hydrogen) atoms. The third kappa shape index (κ3) is 2.97. The number of rotatable bonds is 2. The van der Waals surface area contributed by atoms with Crippen LogP contribution >= 0.6 is 31.9 Å². The highest BCUT2D eigenvalue weighted by atomic mass is 79.9. The van der Waals surface area contributed by atoms with Gasteiger partial charge in [-0.2, -0.15) is 4.31 Å². The quantitative estimate of drug-likeness (QED) is 0.754. The Kier molecular flexibility index (Phi) is 4.56. The highest BCUT2D eigenvalue weighted by molar-refractivity contribution is 9.11. The van der Waals surface area contributed by atoms with Gasteiger partial charge in [0.2, 0.25) is 10.0 Å². The van der Waals surface area contributed by atoms with Gasteiger partial charge in [0.25, 0.3) is 0 Å². The molecule has 1 atom stereocenters. The van der Waals surface area contributed by atoms with Crippen molar-refractivity contribution in [3.8, 4) is 0 Å². The molecule has 0 aromatic heterocycles. The maximum atomic E-state index is 12.7. The van der Waals surface area contributed by atoms with E-state index >= 15 is 0 Å². The molecular formula is C11H14Br2N2O3S. The minimum Gasteiger partial charge on any atom is -0.398 e. The monoisotopic (exact) mass is 412 g/mol. The lowest BCUT2D eigenvalue weighted by atomic mass is 10.3. The first-order valence-corrected chi connectivity index (χ1v) is 8.70. The fourth-order valence-corrected chi connectivity index (χ4v) is 5.66. The maximum Gasteiger partial charge on any atom is 0.246 e. The molecule has 1 unspecified atom stereocenters. The summed E-state index contributed by atoms with van der Waals surface area (Å²) >= 11 is 6.56. The van der Waals surface area contributed by atoms with Crippen LogP contribution in [0, 0.1) is 0 Å². The van der Waals surface area contributed by atoms with E-state index in [-0.39, 0.29) is 16.6 Å². The van der Waals surface area contributed by atoms with Crippen molar-refractivity contribution in [3.05, 3.63) is 21.1 Å². The summed E-state index contributed by atoms with van der Waals surface area (Å²) in [6.45, 7) is 2.95. The minimum absolute atomic E-state index is 0.115. The summed E-state index contributed by atoms with van der Waals surface area (Å²) in [5.41, 5.74) is 6.09. The molecule has 0 radical (unpaired) electrons. The molecule has 1 aliphatic rings. The maximum absolute atomic E-state index is 12.7. The van der Waals surface area contributed by atoms with Crippen molar-refractivity contribution in [3.63, 3.8) is 0 Å². The largest absolute Gasteiger partial charge is 0.398 e. The topological polar surface area (TPSA) is 72.6 Å². The number of nitrogen functional groups attached to an aromatic ring is 1. The Morgan fingerprint density at radius 1 is 1.42 bits per heavy atom. The normalized spacial score (nSPS) is 21.5. The zero-order valence-corrected chi connectivity index (χ0v) is 14.3. The third-order valence-electron chi connectivity index (χ3n) is 2.91. The zero-order chi connectivity index (χ0) is 14.2. The number of hydrogen-bond acceptors (Lipinski definition) is 4. The SMILES string of the molecule is CC1COCCN1S(=O)(=O)c1c(N)cc(Br)cc1Br. The fourth-order valence-electron chi connectivity index (χ4n) is 2.04. The van der Waals surface area contributed by atoms with Crippen molar-refractivity contribution in [1.29, 1.82) is 0 Å². The van der Waals surface area contributed by atoms with Gasteiger partial charge in [-0.25, -0.2) is 8.42 Å². The van der Waals surface area contributed by atoms with E-state index in [1.165, 1.54) is 4.31 Å². The van der Waals surface area contributed by atoms with Crippen molar-refractivity contribution in [2.45, 2.75) is 17.9 Å². The van der Waals surface area contributed by atoms with Crippen LogP contribution in [-0.4, -0.2) is 38.5 Å². The van der Waals surface area contributed by atoms with Crippen LogP contribution in [0.5, 0.6) is 0 Å². The Morgan fingerprint density at radius 2 is 2.11 bits per heavy atom. The molecule has 1 aromatic carbocycles. The Morgan fingerprint density at radius 3 is 2.68 bits per heavy atom. The van der Waals surface area contributed by atoms with Crippen LogP contribution in [0.2, 0.25) is 0 Å². The smallest absolute Gasteiger partial charge is 0.246 e. The Bertz CT molecular complexity index is 569. The van der Waals surface area contributed by atoms with Gasteiger partial charge < -0.3 is 10.5 Å². The standard InChI is InChI=1S/C11H14Br2N2O3S/c1-7-6-18-3-2-15(7)19(16,17)11-9(13)4-8(12)5-10(11)14/h4-5,7H,2-3,6,14H2,1H3. The van der Waals surface area contributed by atoms with E-state index in [1.54, 1.807) is 12.1 Å². The van der Waals surface area contributed by atoms with Crippen LogP contribution in [0.25, 0.3) is 0 Å². The second-order valence-electron chi connectivity index (χ2n) is 4.35. The molecule has 2 N–H and O–H groups in total. The lowest BCUT2D eigenvalue weighted by Gasteiger charge is -2.32. The summed E-state index contributed by atoms with van der Waals surface area (Å²) in [6, 6.07) is 3.06. The van der Waals surface area contributed by atoms with E-state index < -0.39 is 10.0 Å². The molecule has 0 aliphatic carbocycles. The number of halogens is 2. The van der Waals surface area contributed by atoms with Crippen molar-refractivity contribution in [2.24, 2.45) is 0 Å². The molecule has 2 rings (SSSR count). The molecule has 1 aromatic rings. The predicted octanol–water partition coefficient (Wildman–Crippen LogP) is 2.20. The summed E-state index contributed by atoms with van der Waals surface area (Å²) in [5, 5.41) is 0. The second kappa shape index (κ2) is 5.69. The number of morpholine rings is 1. The van der Waals surface area contributed by atoms with E-state index in [2.05, 4.69) is 31.9 Å². The van der Waals surface area contributed by atoms with Crippen LogP contribution in [-0.2, 0) is 14.8 Å². The molecule has 0 saturated carbocycles. The first-order chi connectivity index (χ1) is 8.84. The Hall–Kier alpha value is -0.150. The average molecular weight is 414 g/mol. The van der Waals surface area contributed by atoms with E-state index in [9.17, 15) is 8.42 Å². The van der Waals surface area contributed by atoms with Gasteiger partial charge in [0, 0.05) is 21.5 Å². The molecule has 5 nitrogen and oxygen atoms in total. The molecular weight excluding hydrogens is 400 g/mol. The second-order valence-corrected chi connectivity index (χ2v) is 7.94. The van der Waals surface area contributed by atoms with Gasteiger partial charge in [0.1, 0.15) is 4.90 Å². The average Bonchev–Trinajstić information content (AvgIpc) is 2.27. The van der Waals surface area contributed by atoms with Gasteiger partial charge in [0.05, 0.1) is 18.9 Å². The molecule has 1 fully saturated rings. The summed E-state index contributed by atoms with van der Waals surface area (Å²) in [7, 11) is -3.63. The minimum atomic E-state index is -3.63. The highest BCUT2D eigenvalue weighted by Gasteiger charge is 2.34. The van der Waals surface area contributed by atoms with Gasteiger partial charge >= 0.3 is 0 Å². The fraction of sp³-hybridized carbons (Fsp3) is 0.455. The molecule has 1 heterocycles. The van der Waals surface area contributed by atoms with Gasteiger partial charge in [-0.15, -0.1) is 0 Å². The first-order valence-electron chi connectivity index (χ1n) is 5.68. The molecule has 1 saturated heterocycles. The van der Waals surface area contributed by atoms with E-state index in [0.717, 1.165) is 4.47 Å². The first kappa shape index (κ1) is 15.2. The zero-order valence-electron chi connectivity index (χ0n) is 10.3. The van der Waals surface area contributed by atoms with Crippen molar-refractivity contribution in [2.75, 3.05) is 25.5 Å². The summed E-state index contributed by atoms with van der Waals surface area (Å²) in [5.74, 6) is 0. The van der Waals surface area contributed by atoms with Crippen molar-refractivity contribution in [1.82, 2.24) is 4.31 Å². The van der Waals surface area contributed by atoms with Crippen LogP contribution in [0.4, 0.5) is 5.69 Å². The molecule has 106 valence electrons. The number of nitrogens with zero attached hydrogens (tertiary/aromatic N) is 1. The number of ether oxygens (including phenoxy) is 1. The van der Waals surface area contributed by atoms with Gasteiger partial charge in [-0.1, -0.05) is 15.9 Å². The number of benzene rings is 1. The van der Waals surface area contributed by atoms with Crippen LogP contribution < -0.4 is 5.73 Å². The number of nitrogens with two attached hydrogens (primary N) is 1. The molecule has 0 bridgehead atoms. The molecule has 0 spiro atoms. The molecule has 8 heteroatoms.